The first-order valence-corrected chi connectivity index (χ1v) is 10.2. The van der Waals surface area contributed by atoms with Gasteiger partial charge in [-0.05, 0) is 17.9 Å². The first kappa shape index (κ1) is 16.9. The van der Waals surface area contributed by atoms with Crippen molar-refractivity contribution in [2.45, 2.75) is 83.7 Å². The first-order valence-electron chi connectivity index (χ1n) is 7.08. The highest BCUT2D eigenvalue weighted by molar-refractivity contribution is 6.81. The smallest absolute Gasteiger partial charge is 0.0914 e. The van der Waals surface area contributed by atoms with E-state index >= 15 is 0 Å². The maximum atomic E-state index is 10.3. The van der Waals surface area contributed by atoms with Crippen LogP contribution in [0.2, 0.25) is 18.1 Å². The van der Waals surface area contributed by atoms with E-state index in [9.17, 15) is 5.11 Å². The summed E-state index contributed by atoms with van der Waals surface area (Å²) < 4.78 is 0. The number of aliphatic hydroxyl groups excluding tert-OH is 1. The van der Waals surface area contributed by atoms with Crippen molar-refractivity contribution in [1.82, 2.24) is 0 Å². The third-order valence-corrected chi connectivity index (χ3v) is 9.75. The number of rotatable bonds is 7. The number of unbranched alkanes of at least 4 members (excludes halogenated alkanes) is 4. The van der Waals surface area contributed by atoms with E-state index in [1.54, 1.807) is 0 Å². The molecular weight excluding hydrogens is 224 g/mol. The zero-order valence-electron chi connectivity index (χ0n) is 12.7. The second-order valence-corrected chi connectivity index (χ2v) is 12.2. The summed E-state index contributed by atoms with van der Waals surface area (Å²) in [4.78, 5) is 0. The van der Waals surface area contributed by atoms with Gasteiger partial charge in [0.15, 0.2) is 0 Å². The van der Waals surface area contributed by atoms with Crippen molar-refractivity contribution in [3.8, 4) is 0 Å². The molecule has 0 saturated carbocycles. The summed E-state index contributed by atoms with van der Waals surface area (Å²) in [6.07, 6.45) is 10.5. The van der Waals surface area contributed by atoms with Gasteiger partial charge in [0.2, 0.25) is 0 Å². The highest BCUT2D eigenvalue weighted by Crippen LogP contribution is 2.38. The van der Waals surface area contributed by atoms with Crippen LogP contribution >= 0.6 is 0 Å². The summed E-state index contributed by atoms with van der Waals surface area (Å²) in [6.45, 7) is 13.5. The molecule has 0 aromatic rings. The molecule has 1 N–H and O–H groups in total. The molecule has 0 aromatic heterocycles. The third kappa shape index (κ3) is 5.87. The first-order chi connectivity index (χ1) is 7.73. The Hall–Kier alpha value is -0.0831. The SMILES string of the molecule is CCCCCCC=CC(O)[Si](C)(C)C(C)(C)C. The summed E-state index contributed by atoms with van der Waals surface area (Å²) in [5, 5.41) is 10.5. The molecule has 102 valence electrons. The van der Waals surface area contributed by atoms with Crippen LogP contribution in [0, 0.1) is 0 Å². The Morgan fingerprint density at radius 3 is 2.18 bits per heavy atom. The molecule has 1 unspecified atom stereocenters. The van der Waals surface area contributed by atoms with E-state index in [1.807, 2.05) is 6.08 Å². The molecule has 2 heteroatoms. The summed E-state index contributed by atoms with van der Waals surface area (Å²) >= 11 is 0. The van der Waals surface area contributed by atoms with Gasteiger partial charge in [0, 0.05) is 0 Å². The van der Waals surface area contributed by atoms with Crippen molar-refractivity contribution < 1.29 is 5.11 Å². The fraction of sp³-hybridized carbons (Fsp3) is 0.867. The molecule has 0 aliphatic rings. The van der Waals surface area contributed by atoms with Crippen molar-refractivity contribution in [2.24, 2.45) is 0 Å². The molecule has 17 heavy (non-hydrogen) atoms. The van der Waals surface area contributed by atoms with Gasteiger partial charge in [-0.1, -0.05) is 72.2 Å². The van der Waals surface area contributed by atoms with Crippen LogP contribution in [0.1, 0.15) is 59.8 Å². The second-order valence-electron chi connectivity index (χ2n) is 6.69. The molecule has 0 radical (unpaired) electrons. The van der Waals surface area contributed by atoms with Crippen molar-refractivity contribution in [1.29, 1.82) is 0 Å². The van der Waals surface area contributed by atoms with Gasteiger partial charge in [0.05, 0.1) is 13.8 Å². The fourth-order valence-corrected chi connectivity index (χ4v) is 3.10. The van der Waals surface area contributed by atoms with Crippen LogP contribution in [0.15, 0.2) is 12.2 Å². The predicted molar refractivity (Wildman–Crippen MR) is 81.1 cm³/mol. The van der Waals surface area contributed by atoms with Crippen molar-refractivity contribution in [3.05, 3.63) is 12.2 Å². The average Bonchev–Trinajstić information content (AvgIpc) is 2.21. The van der Waals surface area contributed by atoms with Crippen molar-refractivity contribution in [3.63, 3.8) is 0 Å². The van der Waals surface area contributed by atoms with Gasteiger partial charge in [-0.15, -0.1) is 0 Å². The Morgan fingerprint density at radius 2 is 1.71 bits per heavy atom. The van der Waals surface area contributed by atoms with E-state index in [1.165, 1.54) is 25.7 Å². The molecule has 0 heterocycles. The molecule has 1 nitrogen and oxygen atoms in total. The van der Waals surface area contributed by atoms with Crippen LogP contribution in [-0.2, 0) is 0 Å². The monoisotopic (exact) mass is 256 g/mol. The fourth-order valence-electron chi connectivity index (χ4n) is 1.60. The van der Waals surface area contributed by atoms with Crippen LogP contribution in [0.25, 0.3) is 0 Å². The minimum absolute atomic E-state index is 0.214. The predicted octanol–water partition coefficient (Wildman–Crippen LogP) is 4.92. The maximum absolute atomic E-state index is 10.3. The molecule has 0 aliphatic carbocycles. The molecule has 0 fully saturated rings. The Balaban J connectivity index is 4.08. The molecule has 0 aromatic carbocycles. The molecule has 0 rings (SSSR count). The van der Waals surface area contributed by atoms with Crippen LogP contribution in [0.4, 0.5) is 0 Å². The Morgan fingerprint density at radius 1 is 1.12 bits per heavy atom. The molecule has 0 amide bonds. The highest BCUT2D eigenvalue weighted by atomic mass is 28.3. The summed E-state index contributed by atoms with van der Waals surface area (Å²) in [7, 11) is -1.61. The Kier molecular flexibility index (Phi) is 7.34. The van der Waals surface area contributed by atoms with E-state index < -0.39 is 8.07 Å². The van der Waals surface area contributed by atoms with E-state index in [2.05, 4.69) is 46.9 Å². The molecule has 1 atom stereocenters. The summed E-state index contributed by atoms with van der Waals surface area (Å²) in [6, 6.07) is 0. The van der Waals surface area contributed by atoms with Gasteiger partial charge in [0.1, 0.15) is 0 Å². The van der Waals surface area contributed by atoms with Crippen LogP contribution < -0.4 is 0 Å². The standard InChI is InChI=1S/C15H32OSi/c1-7-8-9-10-11-12-13-14(16)17(5,6)15(2,3)4/h12-14,16H,7-11H2,1-6H3. The van der Waals surface area contributed by atoms with Crippen LogP contribution in [0.3, 0.4) is 0 Å². The van der Waals surface area contributed by atoms with Crippen molar-refractivity contribution >= 4 is 8.07 Å². The van der Waals surface area contributed by atoms with E-state index in [0.717, 1.165) is 6.42 Å². The normalized spacial score (nSPS) is 15.5. The minimum atomic E-state index is -1.61. The summed E-state index contributed by atoms with van der Waals surface area (Å²) in [5.74, 6) is 0. The minimum Gasteiger partial charge on any atom is -0.393 e. The largest absolute Gasteiger partial charge is 0.393 e. The van der Waals surface area contributed by atoms with Crippen LogP contribution in [0.5, 0.6) is 0 Å². The molecule has 0 saturated heterocycles. The summed E-state index contributed by atoms with van der Waals surface area (Å²) in [5.41, 5.74) is -0.214. The van der Waals surface area contributed by atoms with Crippen LogP contribution in [-0.4, -0.2) is 18.9 Å². The van der Waals surface area contributed by atoms with E-state index in [-0.39, 0.29) is 10.8 Å². The zero-order chi connectivity index (χ0) is 13.5. The van der Waals surface area contributed by atoms with E-state index in [4.69, 9.17) is 0 Å². The zero-order valence-corrected chi connectivity index (χ0v) is 13.7. The van der Waals surface area contributed by atoms with Gasteiger partial charge in [-0.3, -0.25) is 0 Å². The highest BCUT2D eigenvalue weighted by Gasteiger charge is 2.40. The van der Waals surface area contributed by atoms with Crippen molar-refractivity contribution in [2.75, 3.05) is 0 Å². The lowest BCUT2D eigenvalue weighted by Crippen LogP contribution is -2.48. The average molecular weight is 257 g/mol. The molecule has 0 bridgehead atoms. The lowest BCUT2D eigenvalue weighted by Gasteiger charge is -2.39. The lowest BCUT2D eigenvalue weighted by atomic mass is 10.1. The van der Waals surface area contributed by atoms with Gasteiger partial charge in [-0.25, -0.2) is 0 Å². The molecular formula is C15H32OSi. The number of hydrogen-bond donors (Lipinski definition) is 1. The molecule has 0 aliphatic heterocycles. The topological polar surface area (TPSA) is 20.2 Å². The Bertz CT molecular complexity index is 226. The quantitative estimate of drug-likeness (QED) is 0.389. The van der Waals surface area contributed by atoms with Gasteiger partial charge in [-0.2, -0.15) is 0 Å². The number of aliphatic hydroxyl groups is 1. The maximum Gasteiger partial charge on any atom is 0.0914 e. The van der Waals surface area contributed by atoms with Gasteiger partial charge in [0.25, 0.3) is 0 Å². The Labute approximate surface area is 109 Å². The van der Waals surface area contributed by atoms with Gasteiger partial charge < -0.3 is 5.11 Å². The molecule has 0 spiro atoms. The third-order valence-electron chi connectivity index (χ3n) is 4.22. The van der Waals surface area contributed by atoms with E-state index in [0.29, 0.717) is 0 Å². The van der Waals surface area contributed by atoms with Gasteiger partial charge >= 0.3 is 0 Å². The lowest BCUT2D eigenvalue weighted by molar-refractivity contribution is 0.283. The number of hydrogen-bond acceptors (Lipinski definition) is 1. The second kappa shape index (κ2) is 7.37. The number of allylic oxidation sites excluding steroid dienone is 1.